The summed E-state index contributed by atoms with van der Waals surface area (Å²) in [5, 5.41) is 19.9. The molecule has 25 heavy (non-hydrogen) atoms. The van der Waals surface area contributed by atoms with Gasteiger partial charge in [-0.05, 0) is 12.1 Å². The summed E-state index contributed by atoms with van der Waals surface area (Å²) >= 11 is 5.77. The van der Waals surface area contributed by atoms with Gasteiger partial charge in [0.25, 0.3) is 0 Å². The van der Waals surface area contributed by atoms with Gasteiger partial charge in [-0.1, -0.05) is 23.7 Å². The number of aromatic nitrogens is 1. The lowest BCUT2D eigenvalue weighted by molar-refractivity contribution is -0.605. The first-order valence-corrected chi connectivity index (χ1v) is 7.34. The molecule has 1 N–H and O–H groups in total. The Morgan fingerprint density at radius 3 is 2.32 bits per heavy atom. The van der Waals surface area contributed by atoms with Crippen molar-refractivity contribution in [3.63, 3.8) is 0 Å². The highest BCUT2D eigenvalue weighted by Crippen LogP contribution is 2.18. The van der Waals surface area contributed by atoms with Crippen LogP contribution in [0.25, 0.3) is 0 Å². The van der Waals surface area contributed by atoms with E-state index < -0.39 is 18.0 Å². The predicted molar refractivity (Wildman–Crippen MR) is 86.1 cm³/mol. The van der Waals surface area contributed by atoms with E-state index in [-0.39, 0.29) is 6.54 Å². The number of halogens is 1. The van der Waals surface area contributed by atoms with Gasteiger partial charge in [-0.2, -0.15) is 4.73 Å². The molecule has 1 aromatic carbocycles. The van der Waals surface area contributed by atoms with Gasteiger partial charge in [0.15, 0.2) is 12.4 Å². The SMILES string of the molecule is CN(Cc1c[n+]([O-])ccc1Cl)C(=O)O.O=C1OC(=O)c2ccccc21. The third-order valence-electron chi connectivity index (χ3n) is 3.24. The van der Waals surface area contributed by atoms with E-state index in [1.54, 1.807) is 24.3 Å². The number of esters is 2. The highest BCUT2D eigenvalue weighted by molar-refractivity contribution is 6.31. The number of carboxylic acid groups (broad SMARTS) is 1. The number of nitrogens with zero attached hydrogens (tertiary/aromatic N) is 2. The van der Waals surface area contributed by atoms with Crippen molar-refractivity contribution in [3.8, 4) is 0 Å². The van der Waals surface area contributed by atoms with Crippen LogP contribution in [0.15, 0.2) is 42.7 Å². The second-order valence-corrected chi connectivity index (χ2v) is 5.45. The van der Waals surface area contributed by atoms with Crippen molar-refractivity contribution in [2.24, 2.45) is 0 Å². The molecule has 130 valence electrons. The molecule has 2 aromatic rings. The van der Waals surface area contributed by atoms with E-state index in [0.29, 0.717) is 26.4 Å². The fraction of sp³-hybridized carbons (Fsp3) is 0.125. The average Bonchev–Trinajstić information content (AvgIpc) is 2.86. The Morgan fingerprint density at radius 2 is 1.80 bits per heavy atom. The van der Waals surface area contributed by atoms with Crippen molar-refractivity contribution in [1.29, 1.82) is 0 Å². The largest absolute Gasteiger partial charge is 0.619 e. The Labute approximate surface area is 147 Å². The standard InChI is InChI=1S/C8H9ClN2O3.C8H4O3/c1-10(8(12)13)4-6-5-11(14)3-2-7(6)9;9-7-5-3-1-2-4-6(5)8(10)11-7/h2-3,5H,4H2,1H3,(H,12,13);1-4H. The molecule has 1 aliphatic heterocycles. The Balaban J connectivity index is 0.000000185. The van der Waals surface area contributed by atoms with Crippen LogP contribution in [0.3, 0.4) is 0 Å². The molecule has 1 aromatic heterocycles. The summed E-state index contributed by atoms with van der Waals surface area (Å²) in [6, 6.07) is 7.96. The second kappa shape index (κ2) is 7.63. The van der Waals surface area contributed by atoms with Crippen molar-refractivity contribution in [2.45, 2.75) is 6.54 Å². The highest BCUT2D eigenvalue weighted by Gasteiger charge is 2.28. The molecule has 0 unspecified atom stereocenters. The Bertz CT molecular complexity index is 806. The third-order valence-corrected chi connectivity index (χ3v) is 3.61. The lowest BCUT2D eigenvalue weighted by Gasteiger charge is -2.12. The van der Waals surface area contributed by atoms with Crippen molar-refractivity contribution in [1.82, 2.24) is 4.90 Å². The van der Waals surface area contributed by atoms with Crippen LogP contribution in [0.2, 0.25) is 5.02 Å². The molecule has 3 rings (SSSR count). The van der Waals surface area contributed by atoms with Crippen molar-refractivity contribution in [3.05, 3.63) is 69.6 Å². The minimum Gasteiger partial charge on any atom is -0.619 e. The van der Waals surface area contributed by atoms with Gasteiger partial charge in [-0.25, -0.2) is 14.4 Å². The summed E-state index contributed by atoms with van der Waals surface area (Å²) in [4.78, 5) is 33.2. The lowest BCUT2D eigenvalue weighted by Crippen LogP contribution is -2.29. The van der Waals surface area contributed by atoms with E-state index in [2.05, 4.69) is 4.74 Å². The number of benzene rings is 1. The first-order valence-electron chi connectivity index (χ1n) is 6.96. The molecule has 0 saturated heterocycles. The molecule has 8 nitrogen and oxygen atoms in total. The van der Waals surface area contributed by atoms with Crippen LogP contribution < -0.4 is 4.73 Å². The quantitative estimate of drug-likeness (QED) is 0.378. The zero-order chi connectivity index (χ0) is 18.6. The normalized spacial score (nSPS) is 11.9. The fourth-order valence-corrected chi connectivity index (χ4v) is 2.14. The molecule has 0 aliphatic carbocycles. The zero-order valence-electron chi connectivity index (χ0n) is 13.0. The maximum atomic E-state index is 10.9. The Hall–Kier alpha value is -3.13. The first-order chi connectivity index (χ1) is 11.8. The van der Waals surface area contributed by atoms with Crippen molar-refractivity contribution in [2.75, 3.05) is 7.05 Å². The van der Waals surface area contributed by atoms with Crippen molar-refractivity contribution < 1.29 is 29.0 Å². The number of hydrogen-bond donors (Lipinski definition) is 1. The fourth-order valence-electron chi connectivity index (χ4n) is 1.98. The van der Waals surface area contributed by atoms with Crippen LogP contribution in [0.4, 0.5) is 4.79 Å². The van der Waals surface area contributed by atoms with E-state index in [1.807, 2.05) is 0 Å². The summed E-state index contributed by atoms with van der Waals surface area (Å²) < 4.78 is 4.93. The van der Waals surface area contributed by atoms with Crippen LogP contribution >= 0.6 is 11.6 Å². The monoisotopic (exact) mass is 364 g/mol. The number of fused-ring (bicyclic) bond motifs is 1. The maximum absolute atomic E-state index is 10.9. The van der Waals surface area contributed by atoms with Crippen LogP contribution in [0.5, 0.6) is 0 Å². The van der Waals surface area contributed by atoms with Gasteiger partial charge in [-0.15, -0.1) is 0 Å². The Morgan fingerprint density at radius 1 is 1.24 bits per heavy atom. The number of cyclic esters (lactones) is 2. The molecule has 0 bridgehead atoms. The molecule has 2 heterocycles. The molecule has 0 spiro atoms. The minimum absolute atomic E-state index is 0.0945. The predicted octanol–water partition coefficient (Wildman–Crippen LogP) is 2.08. The van der Waals surface area contributed by atoms with Gasteiger partial charge in [-0.3, -0.25) is 0 Å². The average molecular weight is 365 g/mol. The number of amides is 1. The molecule has 1 aliphatic rings. The summed E-state index contributed by atoms with van der Waals surface area (Å²) in [5.74, 6) is -1.10. The van der Waals surface area contributed by atoms with Crippen LogP contribution in [0.1, 0.15) is 26.3 Å². The Kier molecular flexibility index (Phi) is 5.56. The van der Waals surface area contributed by atoms with Gasteiger partial charge >= 0.3 is 18.0 Å². The molecule has 0 radical (unpaired) electrons. The summed E-state index contributed by atoms with van der Waals surface area (Å²) in [6.07, 6.45) is 1.44. The van der Waals surface area contributed by atoms with Crippen LogP contribution in [-0.4, -0.2) is 35.1 Å². The minimum atomic E-state index is -1.07. The van der Waals surface area contributed by atoms with E-state index >= 15 is 0 Å². The first kappa shape index (κ1) is 18.2. The molecule has 9 heteroatoms. The topological polar surface area (TPSA) is 111 Å². The number of pyridine rings is 1. The molecular formula is C16H13ClN2O6. The number of rotatable bonds is 2. The summed E-state index contributed by atoms with van der Waals surface area (Å²) in [7, 11) is 1.40. The molecule has 0 fully saturated rings. The number of ether oxygens (including phenoxy) is 1. The third kappa shape index (κ3) is 4.45. The smallest absolute Gasteiger partial charge is 0.407 e. The highest BCUT2D eigenvalue weighted by atomic mass is 35.5. The number of carbonyl (C=O) groups excluding carboxylic acids is 2. The van der Waals surface area contributed by atoms with Crippen molar-refractivity contribution >= 4 is 29.6 Å². The molecule has 0 saturated carbocycles. The molecular weight excluding hydrogens is 352 g/mol. The number of hydrogen-bond acceptors (Lipinski definition) is 5. The van der Waals surface area contributed by atoms with E-state index in [9.17, 15) is 19.6 Å². The van der Waals surface area contributed by atoms with Gasteiger partial charge in [0.05, 0.1) is 28.3 Å². The lowest BCUT2D eigenvalue weighted by atomic mass is 10.1. The van der Waals surface area contributed by atoms with Crippen LogP contribution in [0, 0.1) is 5.21 Å². The van der Waals surface area contributed by atoms with E-state index in [0.717, 1.165) is 4.90 Å². The number of carbonyl (C=O) groups is 3. The van der Waals surface area contributed by atoms with Gasteiger partial charge in [0.1, 0.15) is 0 Å². The molecule has 0 atom stereocenters. The second-order valence-electron chi connectivity index (χ2n) is 5.04. The van der Waals surface area contributed by atoms with Gasteiger partial charge < -0.3 is 20.0 Å². The van der Waals surface area contributed by atoms with E-state index in [1.165, 1.54) is 25.5 Å². The van der Waals surface area contributed by atoms with Gasteiger partial charge in [0, 0.05) is 13.1 Å². The summed E-state index contributed by atoms with van der Waals surface area (Å²) in [6.45, 7) is 0.0945. The molecule has 1 amide bonds. The maximum Gasteiger partial charge on any atom is 0.407 e. The van der Waals surface area contributed by atoms with Gasteiger partial charge in [0.2, 0.25) is 0 Å². The zero-order valence-corrected chi connectivity index (χ0v) is 13.8. The summed E-state index contributed by atoms with van der Waals surface area (Å²) in [5.41, 5.74) is 1.20. The van der Waals surface area contributed by atoms with E-state index in [4.69, 9.17) is 16.7 Å². The van der Waals surface area contributed by atoms with Crippen LogP contribution in [-0.2, 0) is 11.3 Å².